The highest BCUT2D eigenvalue weighted by molar-refractivity contribution is 6.13. The molecule has 0 fully saturated rings. The van der Waals surface area contributed by atoms with Crippen molar-refractivity contribution in [2.24, 2.45) is 0 Å². The molecule has 2 heteroatoms. The predicted octanol–water partition coefficient (Wildman–Crippen LogP) is 1.87. The van der Waals surface area contributed by atoms with Gasteiger partial charge in [0.25, 0.3) is 0 Å². The van der Waals surface area contributed by atoms with Gasteiger partial charge in [-0.3, -0.25) is 0 Å². The summed E-state index contributed by atoms with van der Waals surface area (Å²) in [6.07, 6.45) is 0. The lowest BCUT2D eigenvalue weighted by molar-refractivity contribution is 0.307. The van der Waals surface area contributed by atoms with Gasteiger partial charge < -0.3 is 0 Å². The van der Waals surface area contributed by atoms with Crippen molar-refractivity contribution in [3.63, 3.8) is 0 Å². The lowest BCUT2D eigenvalue weighted by Gasteiger charge is -2.23. The third kappa shape index (κ3) is 2.89. The minimum Gasteiger partial charge on any atom is -0.218 e. The molecule has 0 aromatic rings. The molecule has 0 aliphatic carbocycles. The quantitative estimate of drug-likeness (QED) is 0.443. The molecule has 0 aromatic heterocycles. The van der Waals surface area contributed by atoms with Crippen molar-refractivity contribution in [2.45, 2.75) is 26.3 Å². The number of rotatable bonds is 0. The fourth-order valence-corrected chi connectivity index (χ4v) is 0. The van der Waals surface area contributed by atoms with Crippen molar-refractivity contribution in [1.82, 2.24) is 4.42 Å². The Morgan fingerprint density at radius 3 is 1.43 bits per heavy atom. The van der Waals surface area contributed by atoms with E-state index in [0.29, 0.717) is 0 Å². The van der Waals surface area contributed by atoms with E-state index in [9.17, 15) is 0 Å². The average Bonchev–Trinajstić information content (AvgIpc) is 1.31. The standard InChI is InChI=1S/C5H12ClN/c1-5(2,3)7(4)6/h1-4H3. The van der Waals surface area contributed by atoms with Crippen molar-refractivity contribution >= 4 is 11.8 Å². The Balaban J connectivity index is 3.54. The molecule has 0 spiro atoms. The number of nitrogens with zero attached hydrogens (tertiary/aromatic N) is 1. The van der Waals surface area contributed by atoms with Gasteiger partial charge >= 0.3 is 0 Å². The zero-order chi connectivity index (χ0) is 6.08. The minimum absolute atomic E-state index is 0.0988. The van der Waals surface area contributed by atoms with Gasteiger partial charge in [0.1, 0.15) is 0 Å². The molecule has 0 radical (unpaired) electrons. The summed E-state index contributed by atoms with van der Waals surface area (Å²) in [6.45, 7) is 6.17. The van der Waals surface area contributed by atoms with Crippen molar-refractivity contribution in [3.8, 4) is 0 Å². The Morgan fingerprint density at radius 2 is 1.43 bits per heavy atom. The third-order valence-corrected chi connectivity index (χ3v) is 1.43. The normalized spacial score (nSPS) is 12.9. The highest BCUT2D eigenvalue weighted by Crippen LogP contribution is 2.11. The summed E-state index contributed by atoms with van der Waals surface area (Å²) in [6, 6.07) is 0. The van der Waals surface area contributed by atoms with Crippen LogP contribution in [0.2, 0.25) is 0 Å². The lowest BCUT2D eigenvalue weighted by atomic mass is 10.1. The van der Waals surface area contributed by atoms with E-state index in [0.717, 1.165) is 0 Å². The van der Waals surface area contributed by atoms with Crippen LogP contribution < -0.4 is 0 Å². The van der Waals surface area contributed by atoms with E-state index in [1.165, 1.54) is 0 Å². The molecular weight excluding hydrogens is 110 g/mol. The van der Waals surface area contributed by atoms with Gasteiger partial charge in [0, 0.05) is 12.6 Å². The second-order valence-electron chi connectivity index (χ2n) is 2.65. The lowest BCUT2D eigenvalue weighted by Crippen LogP contribution is -2.29. The fraction of sp³-hybridized carbons (Fsp3) is 1.00. The average molecular weight is 122 g/mol. The first kappa shape index (κ1) is 7.25. The summed E-state index contributed by atoms with van der Waals surface area (Å²) in [5, 5.41) is 0. The van der Waals surface area contributed by atoms with Gasteiger partial charge in [-0.05, 0) is 32.5 Å². The van der Waals surface area contributed by atoms with Crippen LogP contribution in [-0.4, -0.2) is 17.0 Å². The fourth-order valence-electron chi connectivity index (χ4n) is 0. The van der Waals surface area contributed by atoms with E-state index >= 15 is 0 Å². The maximum atomic E-state index is 5.59. The van der Waals surface area contributed by atoms with E-state index in [1.54, 1.807) is 4.42 Å². The molecule has 0 saturated heterocycles. The molecule has 1 nitrogen and oxygen atoms in total. The predicted molar refractivity (Wildman–Crippen MR) is 33.4 cm³/mol. The minimum atomic E-state index is 0.0988. The van der Waals surface area contributed by atoms with E-state index < -0.39 is 0 Å². The molecule has 0 aliphatic heterocycles. The first-order valence-corrected chi connectivity index (χ1v) is 2.68. The zero-order valence-corrected chi connectivity index (χ0v) is 6.08. The Morgan fingerprint density at radius 1 is 1.29 bits per heavy atom. The van der Waals surface area contributed by atoms with Crippen molar-refractivity contribution < 1.29 is 0 Å². The molecule has 7 heavy (non-hydrogen) atoms. The summed E-state index contributed by atoms with van der Waals surface area (Å²) in [5.41, 5.74) is 0.0988. The summed E-state index contributed by atoms with van der Waals surface area (Å²) >= 11 is 5.59. The highest BCUT2D eigenvalue weighted by Gasteiger charge is 2.13. The highest BCUT2D eigenvalue weighted by atomic mass is 35.5. The van der Waals surface area contributed by atoms with Crippen LogP contribution >= 0.6 is 11.8 Å². The largest absolute Gasteiger partial charge is 0.218 e. The molecule has 0 atom stereocenters. The van der Waals surface area contributed by atoms with E-state index in [4.69, 9.17) is 11.8 Å². The zero-order valence-electron chi connectivity index (χ0n) is 5.33. The molecule has 0 heterocycles. The smallest absolute Gasteiger partial charge is 0.0274 e. The van der Waals surface area contributed by atoms with Gasteiger partial charge in [-0.1, -0.05) is 0 Å². The first-order valence-electron chi connectivity index (χ1n) is 2.34. The molecule has 0 rings (SSSR count). The van der Waals surface area contributed by atoms with Crippen LogP contribution in [0.25, 0.3) is 0 Å². The molecular formula is C5H12ClN. The Labute approximate surface area is 50.4 Å². The Hall–Kier alpha value is 0.250. The Kier molecular flexibility index (Phi) is 2.09. The van der Waals surface area contributed by atoms with Gasteiger partial charge in [0.05, 0.1) is 0 Å². The van der Waals surface area contributed by atoms with Crippen LogP contribution in [-0.2, 0) is 0 Å². The SMILES string of the molecule is CN(Cl)C(C)(C)C. The van der Waals surface area contributed by atoms with Crippen LogP contribution in [0, 0.1) is 0 Å². The number of halogens is 1. The van der Waals surface area contributed by atoms with Crippen LogP contribution in [0.4, 0.5) is 0 Å². The second-order valence-corrected chi connectivity index (χ2v) is 3.16. The van der Waals surface area contributed by atoms with Crippen LogP contribution in [0.3, 0.4) is 0 Å². The molecule has 0 aromatic carbocycles. The molecule has 0 N–H and O–H groups in total. The third-order valence-electron chi connectivity index (χ3n) is 0.924. The number of hydrogen-bond donors (Lipinski definition) is 0. The molecule has 0 saturated carbocycles. The van der Waals surface area contributed by atoms with Crippen LogP contribution in [0.5, 0.6) is 0 Å². The molecule has 0 aliphatic rings. The molecule has 0 amide bonds. The maximum Gasteiger partial charge on any atom is 0.0274 e. The second kappa shape index (κ2) is 2.01. The van der Waals surface area contributed by atoms with E-state index in [-0.39, 0.29) is 5.54 Å². The maximum absolute atomic E-state index is 5.59. The van der Waals surface area contributed by atoms with Gasteiger partial charge in [0.2, 0.25) is 0 Å². The monoisotopic (exact) mass is 121 g/mol. The van der Waals surface area contributed by atoms with Crippen LogP contribution in [0.15, 0.2) is 0 Å². The van der Waals surface area contributed by atoms with Gasteiger partial charge in [-0.2, -0.15) is 0 Å². The van der Waals surface area contributed by atoms with Crippen molar-refractivity contribution in [2.75, 3.05) is 7.05 Å². The van der Waals surface area contributed by atoms with Gasteiger partial charge in [-0.15, -0.1) is 0 Å². The molecule has 44 valence electrons. The summed E-state index contributed by atoms with van der Waals surface area (Å²) in [4.78, 5) is 0. The van der Waals surface area contributed by atoms with Crippen molar-refractivity contribution in [1.29, 1.82) is 0 Å². The Bertz CT molecular complexity index is 53.6. The van der Waals surface area contributed by atoms with E-state index in [2.05, 4.69) is 20.8 Å². The molecule has 0 bridgehead atoms. The van der Waals surface area contributed by atoms with E-state index in [1.807, 2.05) is 7.05 Å². The summed E-state index contributed by atoms with van der Waals surface area (Å²) in [7, 11) is 1.85. The topological polar surface area (TPSA) is 3.24 Å². The van der Waals surface area contributed by atoms with Gasteiger partial charge in [-0.25, -0.2) is 4.42 Å². The summed E-state index contributed by atoms with van der Waals surface area (Å²) < 4.78 is 1.66. The van der Waals surface area contributed by atoms with Crippen molar-refractivity contribution in [3.05, 3.63) is 0 Å². The van der Waals surface area contributed by atoms with Gasteiger partial charge in [0.15, 0.2) is 0 Å². The number of hydrogen-bond acceptors (Lipinski definition) is 1. The molecule has 0 unspecified atom stereocenters. The summed E-state index contributed by atoms with van der Waals surface area (Å²) in [5.74, 6) is 0. The van der Waals surface area contributed by atoms with Crippen LogP contribution in [0.1, 0.15) is 20.8 Å². The first-order chi connectivity index (χ1) is 2.94.